The molecule has 144 valence electrons. The number of rotatable bonds is 2. The largest absolute Gasteiger partial charge is 0.496 e. The Morgan fingerprint density at radius 3 is 2.37 bits per heavy atom. The van der Waals surface area contributed by atoms with E-state index < -0.39 is 0 Å². The summed E-state index contributed by atoms with van der Waals surface area (Å²) in [7, 11) is 1.75. The molecule has 1 unspecified atom stereocenters. The number of hydrogen-bond acceptors (Lipinski definition) is 4. The van der Waals surface area contributed by atoms with Crippen LogP contribution < -0.4 is 19.5 Å². The Hall–Kier alpha value is -2.20. The molecule has 2 aromatic carbocycles. The molecule has 4 heteroatoms. The van der Waals surface area contributed by atoms with Crippen LogP contribution in [-0.4, -0.2) is 26.9 Å². The van der Waals surface area contributed by atoms with Crippen molar-refractivity contribution in [2.45, 2.75) is 45.6 Å². The summed E-state index contributed by atoms with van der Waals surface area (Å²) >= 11 is 0. The molecular weight excluding hydrogens is 338 g/mol. The minimum atomic E-state index is 0.0120. The van der Waals surface area contributed by atoms with Crippen molar-refractivity contribution in [3.05, 3.63) is 52.1 Å². The van der Waals surface area contributed by atoms with Crippen molar-refractivity contribution in [1.82, 2.24) is 5.32 Å². The van der Waals surface area contributed by atoms with Crippen molar-refractivity contribution < 1.29 is 14.2 Å². The number of benzene rings is 2. The number of hydrogen-bond donors (Lipinski definition) is 1. The molecule has 0 saturated heterocycles. The Morgan fingerprint density at radius 1 is 1.00 bits per heavy atom. The van der Waals surface area contributed by atoms with Crippen LogP contribution in [-0.2, 0) is 11.8 Å². The molecule has 0 fully saturated rings. The third-order valence-electron chi connectivity index (χ3n) is 5.56. The van der Waals surface area contributed by atoms with Crippen LogP contribution in [0.3, 0.4) is 0 Å². The second-order valence-corrected chi connectivity index (χ2v) is 8.49. The van der Waals surface area contributed by atoms with E-state index in [0.717, 1.165) is 30.2 Å². The fourth-order valence-corrected chi connectivity index (χ4v) is 4.13. The highest BCUT2D eigenvalue weighted by Crippen LogP contribution is 2.42. The summed E-state index contributed by atoms with van der Waals surface area (Å²) < 4.78 is 17.3. The van der Waals surface area contributed by atoms with Gasteiger partial charge in [-0.05, 0) is 70.8 Å². The Balaban J connectivity index is 1.84. The van der Waals surface area contributed by atoms with Gasteiger partial charge in [-0.15, -0.1) is 0 Å². The number of nitrogens with one attached hydrogen (secondary N) is 1. The molecule has 0 saturated carbocycles. The van der Waals surface area contributed by atoms with Gasteiger partial charge in [0.1, 0.15) is 19.0 Å². The summed E-state index contributed by atoms with van der Waals surface area (Å²) in [5.41, 5.74) is 6.42. The molecular formula is C23H29NO3. The Kier molecular flexibility index (Phi) is 4.55. The molecule has 0 amide bonds. The van der Waals surface area contributed by atoms with Gasteiger partial charge in [0.05, 0.1) is 13.2 Å². The number of methoxy groups -OCH3 is 1. The third-order valence-corrected chi connectivity index (χ3v) is 5.56. The van der Waals surface area contributed by atoms with Crippen molar-refractivity contribution >= 4 is 0 Å². The molecule has 4 rings (SSSR count). The zero-order chi connectivity index (χ0) is 19.2. The second-order valence-electron chi connectivity index (χ2n) is 8.49. The number of ether oxygens (including phenoxy) is 3. The lowest BCUT2D eigenvalue weighted by Crippen LogP contribution is -2.32. The maximum absolute atomic E-state index is 5.85. The molecule has 1 atom stereocenters. The van der Waals surface area contributed by atoms with E-state index in [9.17, 15) is 0 Å². The van der Waals surface area contributed by atoms with Crippen molar-refractivity contribution in [2.75, 3.05) is 26.9 Å². The highest BCUT2D eigenvalue weighted by Gasteiger charge is 2.28. The fraction of sp³-hybridized carbons (Fsp3) is 0.478. The number of fused-ring (bicyclic) bond motifs is 2. The van der Waals surface area contributed by atoms with Crippen LogP contribution in [0.4, 0.5) is 0 Å². The van der Waals surface area contributed by atoms with E-state index in [1.54, 1.807) is 7.11 Å². The van der Waals surface area contributed by atoms with Gasteiger partial charge in [-0.3, -0.25) is 0 Å². The van der Waals surface area contributed by atoms with E-state index in [1.807, 2.05) is 0 Å². The molecule has 2 aliphatic rings. The van der Waals surface area contributed by atoms with Gasteiger partial charge in [0.25, 0.3) is 0 Å². The summed E-state index contributed by atoms with van der Waals surface area (Å²) in [4.78, 5) is 0. The predicted octanol–water partition coefficient (Wildman–Crippen LogP) is 4.31. The topological polar surface area (TPSA) is 39.7 Å². The summed E-state index contributed by atoms with van der Waals surface area (Å²) in [6, 6.07) is 8.97. The van der Waals surface area contributed by atoms with Gasteiger partial charge in [-0.1, -0.05) is 20.8 Å². The van der Waals surface area contributed by atoms with Crippen LogP contribution in [0, 0.1) is 6.92 Å². The summed E-state index contributed by atoms with van der Waals surface area (Å²) in [5.74, 6) is 2.69. The second kappa shape index (κ2) is 6.75. The zero-order valence-electron chi connectivity index (χ0n) is 16.9. The SMILES string of the molecule is COc1cc(C)c(C2NCCc3cc4c(cc32)OCCO4)cc1C(C)(C)C. The monoisotopic (exact) mass is 367 g/mol. The highest BCUT2D eigenvalue weighted by atomic mass is 16.6. The number of aryl methyl sites for hydroxylation is 1. The predicted molar refractivity (Wildman–Crippen MR) is 107 cm³/mol. The Morgan fingerprint density at radius 2 is 1.70 bits per heavy atom. The van der Waals surface area contributed by atoms with Gasteiger partial charge in [-0.2, -0.15) is 0 Å². The Labute approximate surface area is 161 Å². The summed E-state index contributed by atoms with van der Waals surface area (Å²) in [6.45, 7) is 11.0. The van der Waals surface area contributed by atoms with Crippen molar-refractivity contribution in [3.8, 4) is 17.2 Å². The third kappa shape index (κ3) is 3.27. The van der Waals surface area contributed by atoms with Crippen LogP contribution in [0.1, 0.15) is 54.6 Å². The van der Waals surface area contributed by atoms with Crippen LogP contribution >= 0.6 is 0 Å². The molecule has 4 nitrogen and oxygen atoms in total. The zero-order valence-corrected chi connectivity index (χ0v) is 16.9. The molecule has 2 heterocycles. The minimum absolute atomic E-state index is 0.0120. The molecule has 27 heavy (non-hydrogen) atoms. The first-order valence-electron chi connectivity index (χ1n) is 9.73. The highest BCUT2D eigenvalue weighted by molar-refractivity contribution is 5.55. The average Bonchev–Trinajstić information content (AvgIpc) is 2.64. The summed E-state index contributed by atoms with van der Waals surface area (Å²) in [6.07, 6.45) is 1.00. The van der Waals surface area contributed by atoms with Crippen molar-refractivity contribution in [2.24, 2.45) is 0 Å². The normalized spacial score (nSPS) is 18.8. The smallest absolute Gasteiger partial charge is 0.161 e. The van der Waals surface area contributed by atoms with E-state index in [2.05, 4.69) is 57.3 Å². The van der Waals surface area contributed by atoms with Crippen molar-refractivity contribution in [1.29, 1.82) is 0 Å². The van der Waals surface area contributed by atoms with E-state index in [0.29, 0.717) is 13.2 Å². The van der Waals surface area contributed by atoms with Gasteiger partial charge in [0, 0.05) is 6.54 Å². The van der Waals surface area contributed by atoms with Gasteiger partial charge in [0.2, 0.25) is 0 Å². The first-order chi connectivity index (χ1) is 12.9. The van der Waals surface area contributed by atoms with Gasteiger partial charge in [0.15, 0.2) is 11.5 Å². The fourth-order valence-electron chi connectivity index (χ4n) is 4.13. The van der Waals surface area contributed by atoms with Crippen molar-refractivity contribution in [3.63, 3.8) is 0 Å². The van der Waals surface area contributed by atoms with Gasteiger partial charge < -0.3 is 19.5 Å². The van der Waals surface area contributed by atoms with Crippen LogP contribution in [0.5, 0.6) is 17.2 Å². The maximum atomic E-state index is 5.85. The van der Waals surface area contributed by atoms with E-state index >= 15 is 0 Å². The molecule has 0 bridgehead atoms. The van der Waals surface area contributed by atoms with Gasteiger partial charge in [-0.25, -0.2) is 0 Å². The molecule has 0 aliphatic carbocycles. The quantitative estimate of drug-likeness (QED) is 0.859. The van der Waals surface area contributed by atoms with E-state index in [1.165, 1.54) is 27.8 Å². The summed E-state index contributed by atoms with van der Waals surface area (Å²) in [5, 5.41) is 3.72. The van der Waals surface area contributed by atoms with Crippen LogP contribution in [0.25, 0.3) is 0 Å². The molecule has 0 radical (unpaired) electrons. The molecule has 0 spiro atoms. The molecule has 2 aromatic rings. The van der Waals surface area contributed by atoms with E-state index in [4.69, 9.17) is 14.2 Å². The van der Waals surface area contributed by atoms with Gasteiger partial charge >= 0.3 is 0 Å². The van der Waals surface area contributed by atoms with E-state index in [-0.39, 0.29) is 11.5 Å². The maximum Gasteiger partial charge on any atom is 0.161 e. The molecule has 2 aliphatic heterocycles. The first-order valence-corrected chi connectivity index (χ1v) is 9.73. The molecule has 1 N–H and O–H groups in total. The minimum Gasteiger partial charge on any atom is -0.496 e. The standard InChI is InChI=1S/C23H29NO3/c1-14-10-19(25-5)18(23(2,3)4)12-16(14)22-17-13-21-20(26-8-9-27-21)11-15(17)6-7-24-22/h10-13,22,24H,6-9H2,1-5H3. The average molecular weight is 367 g/mol. The lowest BCUT2D eigenvalue weighted by molar-refractivity contribution is 0.171. The lowest BCUT2D eigenvalue weighted by atomic mass is 9.81. The molecule has 0 aromatic heterocycles. The lowest BCUT2D eigenvalue weighted by Gasteiger charge is -2.32. The van der Waals surface area contributed by atoms with Crippen LogP contribution in [0.15, 0.2) is 24.3 Å². The van der Waals surface area contributed by atoms with Crippen LogP contribution in [0.2, 0.25) is 0 Å². The first kappa shape index (κ1) is 18.2. The Bertz CT molecular complexity index is 867.